The molecule has 0 bridgehead atoms. The fourth-order valence-electron chi connectivity index (χ4n) is 4.20. The normalized spacial score (nSPS) is 22.2. The van der Waals surface area contributed by atoms with E-state index in [0.29, 0.717) is 11.1 Å². The molecule has 30 heavy (non-hydrogen) atoms. The van der Waals surface area contributed by atoms with E-state index in [0.717, 1.165) is 35.5 Å². The van der Waals surface area contributed by atoms with Gasteiger partial charge in [-0.05, 0) is 54.1 Å². The maximum atomic E-state index is 12.4. The van der Waals surface area contributed by atoms with Crippen molar-refractivity contribution in [2.75, 3.05) is 20.1 Å². The molecular weight excluding hydrogens is 374 g/mol. The summed E-state index contributed by atoms with van der Waals surface area (Å²) in [5, 5.41) is 24.4. The molecule has 1 fully saturated rings. The highest BCUT2D eigenvalue weighted by Gasteiger charge is 2.44. The molecule has 2 aromatic rings. The van der Waals surface area contributed by atoms with Gasteiger partial charge in [0.15, 0.2) is 0 Å². The molecule has 6 heteroatoms. The number of rotatable bonds is 2. The smallest absolute Gasteiger partial charge is 0.240 e. The Kier molecular flexibility index (Phi) is 5.18. The lowest BCUT2D eigenvalue weighted by atomic mass is 9.83. The molecule has 2 atom stereocenters. The third kappa shape index (κ3) is 3.61. The molecule has 1 amide bonds. The Bertz CT molecular complexity index is 1120. The van der Waals surface area contributed by atoms with Crippen LogP contribution in [0, 0.1) is 28.6 Å². The van der Waals surface area contributed by atoms with Crippen LogP contribution >= 0.6 is 0 Å². The quantitative estimate of drug-likeness (QED) is 0.781. The second-order valence-corrected chi connectivity index (χ2v) is 7.73. The monoisotopic (exact) mass is 395 g/mol. The molecule has 0 N–H and O–H groups in total. The molecule has 6 nitrogen and oxygen atoms in total. The largest absolute Gasteiger partial charge is 0.301 e. The number of hydrogen-bond donors (Lipinski definition) is 0. The van der Waals surface area contributed by atoms with Gasteiger partial charge in [-0.25, -0.2) is 5.01 Å². The Labute approximate surface area is 175 Å². The zero-order valence-corrected chi connectivity index (χ0v) is 16.9. The van der Waals surface area contributed by atoms with E-state index in [1.807, 2.05) is 24.3 Å². The highest BCUT2D eigenvalue weighted by molar-refractivity contribution is 6.08. The average molecular weight is 395 g/mol. The van der Waals surface area contributed by atoms with Crippen LogP contribution in [0.1, 0.15) is 35.2 Å². The summed E-state index contributed by atoms with van der Waals surface area (Å²) in [6.07, 6.45) is 2.09. The Balaban J connectivity index is 1.74. The summed E-state index contributed by atoms with van der Waals surface area (Å²) in [5.41, 5.74) is 5.19. The van der Waals surface area contributed by atoms with Gasteiger partial charge in [0, 0.05) is 25.9 Å². The lowest BCUT2D eigenvalue weighted by molar-refractivity contribution is -0.131. The molecule has 2 heterocycles. The molecule has 2 aliphatic rings. The second-order valence-electron chi connectivity index (χ2n) is 7.73. The van der Waals surface area contributed by atoms with Crippen molar-refractivity contribution in [1.82, 2.24) is 9.91 Å². The van der Waals surface area contributed by atoms with E-state index in [2.05, 4.69) is 30.2 Å². The molecule has 4 rings (SSSR count). The molecule has 0 saturated carbocycles. The van der Waals surface area contributed by atoms with Crippen molar-refractivity contribution in [2.45, 2.75) is 13.0 Å². The van der Waals surface area contributed by atoms with Crippen molar-refractivity contribution < 1.29 is 4.79 Å². The number of nitrogens with zero attached hydrogens (tertiary/aromatic N) is 5. The van der Waals surface area contributed by atoms with Crippen molar-refractivity contribution in [3.8, 4) is 12.1 Å². The third-order valence-corrected chi connectivity index (χ3v) is 5.57. The van der Waals surface area contributed by atoms with Crippen LogP contribution in [0.5, 0.6) is 0 Å². The number of likely N-dealkylation sites (N-methyl/N-ethyl adjacent to an activating group) is 1. The molecule has 2 aromatic carbocycles. The van der Waals surface area contributed by atoms with Crippen LogP contribution in [-0.2, 0) is 4.79 Å². The first-order valence-electron chi connectivity index (χ1n) is 9.78. The van der Waals surface area contributed by atoms with Gasteiger partial charge in [0.1, 0.15) is 0 Å². The van der Waals surface area contributed by atoms with Crippen LogP contribution in [0.3, 0.4) is 0 Å². The second kappa shape index (κ2) is 7.94. The maximum absolute atomic E-state index is 12.4. The van der Waals surface area contributed by atoms with Gasteiger partial charge in [0.25, 0.3) is 0 Å². The van der Waals surface area contributed by atoms with E-state index in [4.69, 9.17) is 15.6 Å². The highest BCUT2D eigenvalue weighted by Crippen LogP contribution is 2.40. The minimum atomic E-state index is -0.197. The minimum absolute atomic E-state index is 0.0465. The lowest BCUT2D eigenvalue weighted by Crippen LogP contribution is -2.42. The molecule has 0 spiro atoms. The van der Waals surface area contributed by atoms with E-state index in [-0.39, 0.29) is 17.9 Å². The summed E-state index contributed by atoms with van der Waals surface area (Å²) in [6, 6.07) is 18.9. The molecule has 148 valence electrons. The molecule has 2 aliphatic heterocycles. The zero-order valence-electron chi connectivity index (χ0n) is 16.9. The van der Waals surface area contributed by atoms with Gasteiger partial charge >= 0.3 is 0 Å². The van der Waals surface area contributed by atoms with Crippen LogP contribution in [0.15, 0.2) is 59.2 Å². The third-order valence-electron chi connectivity index (χ3n) is 5.57. The number of hydrogen-bond acceptors (Lipinski definition) is 5. The van der Waals surface area contributed by atoms with Gasteiger partial charge in [0.2, 0.25) is 5.91 Å². The predicted octanol–water partition coefficient (Wildman–Crippen LogP) is 3.33. The Morgan fingerprint density at radius 2 is 1.67 bits per heavy atom. The van der Waals surface area contributed by atoms with Crippen LogP contribution < -0.4 is 0 Å². The Hall–Kier alpha value is -3.74. The van der Waals surface area contributed by atoms with Gasteiger partial charge in [-0.2, -0.15) is 15.6 Å². The maximum Gasteiger partial charge on any atom is 0.240 e. The highest BCUT2D eigenvalue weighted by atomic mass is 16.2. The first-order valence-corrected chi connectivity index (χ1v) is 9.78. The fraction of sp³-hybridized carbons (Fsp3) is 0.250. The van der Waals surface area contributed by atoms with Crippen LogP contribution in [0.25, 0.3) is 6.08 Å². The van der Waals surface area contributed by atoms with Crippen molar-refractivity contribution in [3.05, 3.63) is 76.4 Å². The zero-order chi connectivity index (χ0) is 21.3. The summed E-state index contributed by atoms with van der Waals surface area (Å²) in [5.74, 6) is -0.0585. The van der Waals surface area contributed by atoms with Crippen LogP contribution in [0.4, 0.5) is 0 Å². The van der Waals surface area contributed by atoms with Crippen molar-refractivity contribution >= 4 is 17.7 Å². The predicted molar refractivity (Wildman–Crippen MR) is 114 cm³/mol. The van der Waals surface area contributed by atoms with Crippen molar-refractivity contribution in [2.24, 2.45) is 11.0 Å². The van der Waals surface area contributed by atoms with Gasteiger partial charge in [-0.3, -0.25) is 4.79 Å². The van der Waals surface area contributed by atoms with E-state index in [1.54, 1.807) is 29.3 Å². The number of benzene rings is 2. The summed E-state index contributed by atoms with van der Waals surface area (Å²) >= 11 is 0. The van der Waals surface area contributed by atoms with Gasteiger partial charge in [-0.1, -0.05) is 24.3 Å². The molecule has 2 unspecified atom stereocenters. The summed E-state index contributed by atoms with van der Waals surface area (Å²) < 4.78 is 0. The van der Waals surface area contributed by atoms with Crippen molar-refractivity contribution in [3.63, 3.8) is 0 Å². The first kappa shape index (κ1) is 19.6. The van der Waals surface area contributed by atoms with Gasteiger partial charge in [-0.15, -0.1) is 0 Å². The van der Waals surface area contributed by atoms with E-state index < -0.39 is 0 Å². The number of hydrazone groups is 1. The molecule has 0 radical (unpaired) electrons. The number of amides is 1. The standard InChI is InChI=1S/C24H21N5O/c1-16(30)29-24(20-9-7-19(13-26)8-10-20)22-15-28(2)14-21(23(22)27-29)11-17-3-5-18(12-25)6-4-17/h3-11,22,24H,14-15H2,1-2H3/b21-11+. The Morgan fingerprint density at radius 1 is 1.07 bits per heavy atom. The molecule has 1 saturated heterocycles. The number of carbonyl (C=O) groups is 1. The molecular formula is C24H21N5O. The number of carbonyl (C=O) groups excluding carboxylic acids is 1. The van der Waals surface area contributed by atoms with Gasteiger partial charge in [0.05, 0.1) is 35.0 Å². The number of fused-ring (bicyclic) bond motifs is 1. The SMILES string of the molecule is CC(=O)N1N=C2/C(=C/c3ccc(C#N)cc3)CN(C)CC2C1c1ccc(C#N)cc1. The average Bonchev–Trinajstić information content (AvgIpc) is 3.14. The van der Waals surface area contributed by atoms with Crippen LogP contribution in [0.2, 0.25) is 0 Å². The summed E-state index contributed by atoms with van der Waals surface area (Å²) in [7, 11) is 2.07. The topological polar surface area (TPSA) is 83.5 Å². The first-order chi connectivity index (χ1) is 14.5. The van der Waals surface area contributed by atoms with Crippen LogP contribution in [-0.4, -0.2) is 41.7 Å². The van der Waals surface area contributed by atoms with E-state index in [1.165, 1.54) is 6.92 Å². The van der Waals surface area contributed by atoms with Crippen molar-refractivity contribution in [1.29, 1.82) is 10.5 Å². The fourth-order valence-corrected chi connectivity index (χ4v) is 4.20. The number of piperidine rings is 1. The number of likely N-dealkylation sites (tertiary alicyclic amines) is 1. The number of nitriles is 2. The van der Waals surface area contributed by atoms with E-state index in [9.17, 15) is 4.79 Å². The molecule has 0 aliphatic carbocycles. The lowest BCUT2D eigenvalue weighted by Gasteiger charge is -2.34. The van der Waals surface area contributed by atoms with Gasteiger partial charge < -0.3 is 4.90 Å². The van der Waals surface area contributed by atoms with E-state index >= 15 is 0 Å². The molecule has 0 aromatic heterocycles. The summed E-state index contributed by atoms with van der Waals surface area (Å²) in [4.78, 5) is 14.7. The Morgan fingerprint density at radius 3 is 2.23 bits per heavy atom. The minimum Gasteiger partial charge on any atom is -0.301 e. The summed E-state index contributed by atoms with van der Waals surface area (Å²) in [6.45, 7) is 3.06.